The van der Waals surface area contributed by atoms with Crippen molar-refractivity contribution < 1.29 is 18.3 Å². The van der Waals surface area contributed by atoms with Crippen LogP contribution in [-0.4, -0.2) is 56.8 Å². The molecule has 0 amide bonds. The normalized spacial score (nSPS) is 11.5. The standard InChI is InChI=1S/C25H20ClFN6O3S.C24H15ClFN5O4S/c1-25(2,11-28)12-32-17-7-20(14-5-19(36-4)16(27)6-15(14)26)37-22(17)23(34)33(24(32)35)18-10-29-8-13-9-30-31(3)21(13)18;1-29-5-3-12-10-28-11-17(20(12)22(29)32)31-23(33)21-16(30(6-4-27)24(31)34)9-19(36-21)13-7-18(35-2)15(26)8-14(13)25/h5-10H,12H2,1-4H3;3,5,7-11H,6H2,1-2H3. The van der Waals surface area contributed by atoms with Crippen LogP contribution in [0.5, 0.6) is 11.5 Å². The summed E-state index contributed by atoms with van der Waals surface area (Å²) in [7, 11) is 5.92. The van der Waals surface area contributed by atoms with E-state index in [0.717, 1.165) is 48.5 Å². The van der Waals surface area contributed by atoms with Crippen molar-refractivity contribution in [2.45, 2.75) is 26.9 Å². The number of hydrogen-bond acceptors (Lipinski definition) is 14. The van der Waals surface area contributed by atoms with Gasteiger partial charge in [0.25, 0.3) is 16.7 Å². The average Bonchev–Trinajstić information content (AvgIpc) is 4.12. The van der Waals surface area contributed by atoms with Gasteiger partial charge in [-0.15, -0.1) is 22.7 Å². The largest absolute Gasteiger partial charge is 0.494 e. The molecule has 0 saturated heterocycles. The Morgan fingerprint density at radius 2 is 1.22 bits per heavy atom. The molecule has 8 heterocycles. The number of fused-ring (bicyclic) bond motifs is 4. The smallest absolute Gasteiger partial charge is 0.337 e. The lowest BCUT2D eigenvalue weighted by Gasteiger charge is -2.19. The first-order valence-electron chi connectivity index (χ1n) is 21.5. The fourth-order valence-electron chi connectivity index (χ4n) is 8.25. The maximum atomic E-state index is 14.2. The highest BCUT2D eigenvalue weighted by Crippen LogP contribution is 2.41. The Balaban J connectivity index is 0.000000180. The summed E-state index contributed by atoms with van der Waals surface area (Å²) < 4.78 is 46.2. The highest BCUT2D eigenvalue weighted by atomic mass is 35.5. The fourth-order valence-corrected chi connectivity index (χ4v) is 11.1. The van der Waals surface area contributed by atoms with Crippen molar-refractivity contribution in [2.24, 2.45) is 19.5 Å². The van der Waals surface area contributed by atoms with Gasteiger partial charge in [-0.05, 0) is 56.3 Å². The van der Waals surface area contributed by atoms with E-state index in [1.807, 2.05) is 6.07 Å². The van der Waals surface area contributed by atoms with Crippen LogP contribution in [0, 0.1) is 39.7 Å². The van der Waals surface area contributed by atoms with E-state index in [0.29, 0.717) is 42.7 Å². The predicted octanol–water partition coefficient (Wildman–Crippen LogP) is 7.97. The van der Waals surface area contributed by atoms with E-state index in [1.165, 1.54) is 54.1 Å². The van der Waals surface area contributed by atoms with E-state index in [1.54, 1.807) is 69.4 Å². The van der Waals surface area contributed by atoms with Crippen molar-refractivity contribution in [1.82, 2.24) is 42.6 Å². The number of aromatic nitrogens is 9. The van der Waals surface area contributed by atoms with Crippen LogP contribution in [0.15, 0.2) is 104 Å². The molecule has 10 aromatic rings. The summed E-state index contributed by atoms with van der Waals surface area (Å²) >= 11 is 14.8. The Hall–Kier alpha value is -8.28. The molecule has 0 atom stereocenters. The summed E-state index contributed by atoms with van der Waals surface area (Å²) in [5.74, 6) is -1.33. The lowest BCUT2D eigenvalue weighted by Crippen LogP contribution is -2.40. The molecular weight excluding hydrogens is 1030 g/mol. The Morgan fingerprint density at radius 3 is 1.77 bits per heavy atom. The summed E-state index contributed by atoms with van der Waals surface area (Å²) in [5, 5.41) is 24.8. The molecule has 0 aliphatic carbocycles. The van der Waals surface area contributed by atoms with E-state index in [2.05, 4.69) is 21.1 Å². The maximum Gasteiger partial charge on any atom is 0.337 e. The molecule has 24 heteroatoms. The average molecular weight is 1060 g/mol. The molecule has 8 aromatic heterocycles. The molecule has 0 fully saturated rings. The van der Waals surface area contributed by atoms with Crippen molar-refractivity contribution in [3.63, 3.8) is 0 Å². The predicted molar refractivity (Wildman–Crippen MR) is 275 cm³/mol. The number of pyridine rings is 3. The number of halogens is 4. The highest BCUT2D eigenvalue weighted by Gasteiger charge is 2.27. The molecule has 73 heavy (non-hydrogen) atoms. The van der Waals surface area contributed by atoms with Crippen molar-refractivity contribution in [3.8, 4) is 55.9 Å². The van der Waals surface area contributed by atoms with Gasteiger partial charge in [0, 0.05) is 70.9 Å². The van der Waals surface area contributed by atoms with Crippen LogP contribution in [0.25, 0.3) is 74.4 Å². The number of rotatable bonds is 9. The molecule has 0 N–H and O–H groups in total. The summed E-state index contributed by atoms with van der Waals surface area (Å²) in [6, 6.07) is 14.1. The molecule has 0 aliphatic rings. The number of hydrogen-bond donors (Lipinski definition) is 0. The van der Waals surface area contributed by atoms with Gasteiger partial charge in [-0.2, -0.15) is 15.6 Å². The number of nitrogens with zero attached hydrogens (tertiary/aromatic N) is 11. The van der Waals surface area contributed by atoms with Crippen LogP contribution in [0.1, 0.15) is 13.8 Å². The van der Waals surface area contributed by atoms with Crippen LogP contribution >= 0.6 is 45.9 Å². The first kappa shape index (κ1) is 49.7. The third kappa shape index (κ3) is 8.53. The number of ether oxygens (including phenoxy) is 2. The van der Waals surface area contributed by atoms with Crippen molar-refractivity contribution in [1.29, 1.82) is 10.5 Å². The SMILES string of the molecule is COc1cc(-c2cc3c(s2)c(=O)n(-c2cncc4ccn(C)c(=O)c24)c(=O)n3CC#N)c(Cl)cc1F.COc1cc(-c2cc3c(s2)c(=O)n(-c2cncc4cnn(C)c24)c(=O)n3CC(C)(C)C#N)c(Cl)cc1F. The molecule has 10 rings (SSSR count). The Kier molecular flexibility index (Phi) is 13.0. The van der Waals surface area contributed by atoms with E-state index >= 15 is 0 Å². The molecule has 18 nitrogen and oxygen atoms in total. The number of methoxy groups -OCH3 is 2. The molecule has 0 aliphatic heterocycles. The van der Waals surface area contributed by atoms with Crippen LogP contribution in [0.2, 0.25) is 10.0 Å². The quantitative estimate of drug-likeness (QED) is 0.134. The van der Waals surface area contributed by atoms with Gasteiger partial charge in [0.05, 0.1) is 93.7 Å². The second-order valence-corrected chi connectivity index (χ2v) is 19.9. The zero-order valence-electron chi connectivity index (χ0n) is 39.0. The van der Waals surface area contributed by atoms with E-state index < -0.39 is 45.1 Å². The van der Waals surface area contributed by atoms with Gasteiger partial charge in [0.15, 0.2) is 23.1 Å². The van der Waals surface area contributed by atoms with Crippen molar-refractivity contribution in [3.05, 3.63) is 153 Å². The number of aryl methyl sites for hydroxylation is 2. The zero-order chi connectivity index (χ0) is 52.4. The molecule has 368 valence electrons. The molecule has 0 bridgehead atoms. The molecular formula is C49H35Cl2F2N11O7S2. The van der Waals surface area contributed by atoms with Crippen LogP contribution in [0.4, 0.5) is 8.78 Å². The van der Waals surface area contributed by atoms with Gasteiger partial charge in [0.2, 0.25) is 0 Å². The first-order valence-corrected chi connectivity index (χ1v) is 23.8. The Labute approximate surface area is 427 Å². The molecule has 0 saturated carbocycles. The number of nitriles is 2. The lowest BCUT2D eigenvalue weighted by atomic mass is 9.96. The zero-order valence-corrected chi connectivity index (χ0v) is 42.2. The monoisotopic (exact) mass is 1060 g/mol. The summed E-state index contributed by atoms with van der Waals surface area (Å²) in [6.45, 7) is 3.07. The van der Waals surface area contributed by atoms with Gasteiger partial charge < -0.3 is 14.0 Å². The number of benzene rings is 2. The van der Waals surface area contributed by atoms with Gasteiger partial charge in [-0.3, -0.25) is 38.2 Å². The molecule has 0 unspecified atom stereocenters. The highest BCUT2D eigenvalue weighted by molar-refractivity contribution is 7.22. The third-order valence-electron chi connectivity index (χ3n) is 11.8. The minimum atomic E-state index is -0.922. The Bertz CT molecular complexity index is 4370. The van der Waals surface area contributed by atoms with E-state index in [-0.39, 0.29) is 66.3 Å². The minimum absolute atomic E-state index is 0.00808. The second kappa shape index (κ2) is 19.0. The molecule has 0 spiro atoms. The van der Waals surface area contributed by atoms with Crippen molar-refractivity contribution >= 4 is 88.0 Å². The summed E-state index contributed by atoms with van der Waals surface area (Å²) in [5.41, 5.74) is -1.78. The maximum absolute atomic E-state index is 14.2. The molecule has 2 aromatic carbocycles. The van der Waals surface area contributed by atoms with Crippen LogP contribution in [-0.2, 0) is 27.2 Å². The van der Waals surface area contributed by atoms with Crippen molar-refractivity contribution in [2.75, 3.05) is 14.2 Å². The van der Waals surface area contributed by atoms with Crippen LogP contribution in [0.3, 0.4) is 0 Å². The van der Waals surface area contributed by atoms with E-state index in [4.69, 9.17) is 32.7 Å². The van der Waals surface area contributed by atoms with Gasteiger partial charge in [-0.1, -0.05) is 23.2 Å². The van der Waals surface area contributed by atoms with Gasteiger partial charge >= 0.3 is 11.4 Å². The fraction of sp³-hybridized carbons (Fsp3) is 0.184. The summed E-state index contributed by atoms with van der Waals surface area (Å²) in [6.07, 6.45) is 8.92. The second-order valence-electron chi connectivity index (χ2n) is 17.0. The lowest BCUT2D eigenvalue weighted by molar-refractivity contribution is 0.387. The first-order chi connectivity index (χ1) is 34.8. The topological polar surface area (TPSA) is 220 Å². The number of thiophene rings is 2. The summed E-state index contributed by atoms with van der Waals surface area (Å²) in [4.78, 5) is 77.2. The van der Waals surface area contributed by atoms with Gasteiger partial charge in [0.1, 0.15) is 15.9 Å². The van der Waals surface area contributed by atoms with E-state index in [9.17, 15) is 43.3 Å². The third-order valence-corrected chi connectivity index (χ3v) is 14.7. The molecule has 0 radical (unpaired) electrons. The Morgan fingerprint density at radius 1 is 0.699 bits per heavy atom. The van der Waals surface area contributed by atoms with Gasteiger partial charge in [-0.25, -0.2) is 27.5 Å². The van der Waals surface area contributed by atoms with Crippen LogP contribution < -0.4 is 37.5 Å². The minimum Gasteiger partial charge on any atom is -0.494 e.